The number of sulfonamides is 1. The first-order valence-electron chi connectivity index (χ1n) is 7.59. The van der Waals surface area contributed by atoms with E-state index < -0.39 is 22.0 Å². The molecule has 3 rings (SSSR count). The lowest BCUT2D eigenvalue weighted by atomic mass is 9.92. The average molecular weight is 345 g/mol. The molecule has 2 aromatic carbocycles. The van der Waals surface area contributed by atoms with E-state index in [-0.39, 0.29) is 4.90 Å². The van der Waals surface area contributed by atoms with Crippen molar-refractivity contribution in [1.82, 2.24) is 4.90 Å². The number of amides is 1. The van der Waals surface area contributed by atoms with Crippen LogP contribution in [0.1, 0.15) is 22.7 Å². The van der Waals surface area contributed by atoms with Crippen molar-refractivity contribution in [2.24, 2.45) is 10.9 Å². The lowest BCUT2D eigenvalue weighted by Crippen LogP contribution is -2.42. The summed E-state index contributed by atoms with van der Waals surface area (Å²) in [6.45, 7) is 1.09. The molecule has 7 heteroatoms. The van der Waals surface area contributed by atoms with Crippen LogP contribution in [0.2, 0.25) is 0 Å². The molecule has 0 bridgehead atoms. The van der Waals surface area contributed by atoms with Crippen LogP contribution >= 0.6 is 0 Å². The molecule has 4 N–H and O–H groups in total. The van der Waals surface area contributed by atoms with Gasteiger partial charge < -0.3 is 5.73 Å². The highest BCUT2D eigenvalue weighted by Gasteiger charge is 2.31. The number of primary amides is 1. The van der Waals surface area contributed by atoms with Crippen LogP contribution in [0, 0.1) is 0 Å². The van der Waals surface area contributed by atoms with Gasteiger partial charge in [-0.15, -0.1) is 0 Å². The summed E-state index contributed by atoms with van der Waals surface area (Å²) in [5, 5.41) is 5.18. The third-order valence-electron chi connectivity index (χ3n) is 4.27. The zero-order chi connectivity index (χ0) is 17.3. The molecule has 0 saturated heterocycles. The average Bonchev–Trinajstić information content (AvgIpc) is 2.53. The molecule has 1 unspecified atom stereocenters. The normalized spacial score (nSPS) is 18.1. The number of hydrogen-bond acceptors (Lipinski definition) is 4. The fourth-order valence-corrected chi connectivity index (χ4v) is 3.76. The van der Waals surface area contributed by atoms with E-state index in [0.29, 0.717) is 13.1 Å². The molecule has 1 aliphatic rings. The molecule has 0 fully saturated rings. The Hall–Kier alpha value is -2.22. The van der Waals surface area contributed by atoms with Crippen molar-refractivity contribution in [3.8, 4) is 0 Å². The quantitative estimate of drug-likeness (QED) is 0.859. The predicted molar refractivity (Wildman–Crippen MR) is 90.3 cm³/mol. The van der Waals surface area contributed by atoms with Crippen LogP contribution in [0.4, 0.5) is 0 Å². The standard InChI is InChI=1S/C17H19N3O3S/c18-17(21)16-15-7-2-1-5-13(15)8-9-20(16)11-12-4-3-6-14(10-12)24(19,22)23/h1-7,10,16H,8-9,11H2,(H2,18,21)(H2,19,22,23). The number of nitrogens with two attached hydrogens (primary N) is 2. The van der Waals surface area contributed by atoms with Crippen LogP contribution in [0.25, 0.3) is 0 Å². The lowest BCUT2D eigenvalue weighted by molar-refractivity contribution is -0.124. The van der Waals surface area contributed by atoms with E-state index in [4.69, 9.17) is 10.9 Å². The van der Waals surface area contributed by atoms with Crippen molar-refractivity contribution >= 4 is 15.9 Å². The molecule has 24 heavy (non-hydrogen) atoms. The Morgan fingerprint density at radius 1 is 1.17 bits per heavy atom. The van der Waals surface area contributed by atoms with Crippen LogP contribution in [0.5, 0.6) is 0 Å². The van der Waals surface area contributed by atoms with Crippen molar-refractivity contribution < 1.29 is 13.2 Å². The number of carbonyl (C=O) groups excluding carboxylic acids is 1. The van der Waals surface area contributed by atoms with Gasteiger partial charge in [-0.1, -0.05) is 36.4 Å². The zero-order valence-electron chi connectivity index (χ0n) is 13.1. The fourth-order valence-electron chi connectivity index (χ4n) is 3.18. The van der Waals surface area contributed by atoms with Crippen LogP contribution < -0.4 is 10.9 Å². The first kappa shape index (κ1) is 16.6. The summed E-state index contributed by atoms with van der Waals surface area (Å²) in [5.41, 5.74) is 8.44. The molecule has 1 atom stereocenters. The van der Waals surface area contributed by atoms with Crippen molar-refractivity contribution in [3.05, 3.63) is 65.2 Å². The van der Waals surface area contributed by atoms with E-state index in [0.717, 1.165) is 23.1 Å². The number of fused-ring (bicyclic) bond motifs is 1. The molecule has 1 heterocycles. The summed E-state index contributed by atoms with van der Waals surface area (Å²) in [6, 6.07) is 13.7. The number of nitrogens with zero attached hydrogens (tertiary/aromatic N) is 1. The van der Waals surface area contributed by atoms with Gasteiger partial charge in [0, 0.05) is 13.1 Å². The van der Waals surface area contributed by atoms with Crippen LogP contribution in [-0.2, 0) is 27.8 Å². The number of hydrogen-bond donors (Lipinski definition) is 2. The Morgan fingerprint density at radius 2 is 1.92 bits per heavy atom. The summed E-state index contributed by atoms with van der Waals surface area (Å²) in [6.07, 6.45) is 0.814. The van der Waals surface area contributed by atoms with Gasteiger partial charge in [-0.3, -0.25) is 9.69 Å². The van der Waals surface area contributed by atoms with Gasteiger partial charge in [0.05, 0.1) is 4.90 Å². The first-order valence-corrected chi connectivity index (χ1v) is 9.14. The summed E-state index contributed by atoms with van der Waals surface area (Å²) < 4.78 is 23.0. The third-order valence-corrected chi connectivity index (χ3v) is 5.18. The van der Waals surface area contributed by atoms with Crippen LogP contribution in [0.15, 0.2) is 53.4 Å². The SMILES string of the molecule is NC(=O)C1c2ccccc2CCN1Cc1cccc(S(N)(=O)=O)c1. The molecule has 2 aromatic rings. The Kier molecular flexibility index (Phi) is 4.40. The maximum atomic E-state index is 12.0. The Bertz CT molecular complexity index is 880. The molecule has 0 spiro atoms. The fraction of sp³-hybridized carbons (Fsp3) is 0.235. The van der Waals surface area contributed by atoms with Crippen molar-refractivity contribution in [3.63, 3.8) is 0 Å². The Labute approximate surface area is 141 Å². The largest absolute Gasteiger partial charge is 0.368 e. The van der Waals surface area contributed by atoms with Gasteiger partial charge in [0.15, 0.2) is 0 Å². The molecular weight excluding hydrogens is 326 g/mol. The van der Waals surface area contributed by atoms with Gasteiger partial charge in [0.25, 0.3) is 0 Å². The topological polar surface area (TPSA) is 106 Å². The summed E-state index contributed by atoms with van der Waals surface area (Å²) in [7, 11) is -3.75. The molecule has 0 saturated carbocycles. The molecule has 1 aliphatic heterocycles. The van der Waals surface area contributed by atoms with E-state index in [2.05, 4.69) is 0 Å². The maximum Gasteiger partial charge on any atom is 0.239 e. The molecule has 6 nitrogen and oxygen atoms in total. The molecule has 0 aromatic heterocycles. The minimum absolute atomic E-state index is 0.0630. The minimum atomic E-state index is -3.75. The predicted octanol–water partition coefficient (Wildman–Crippen LogP) is 0.919. The molecule has 0 radical (unpaired) electrons. The monoisotopic (exact) mass is 345 g/mol. The summed E-state index contributed by atoms with van der Waals surface area (Å²) >= 11 is 0. The van der Waals surface area contributed by atoms with Gasteiger partial charge in [-0.25, -0.2) is 13.6 Å². The zero-order valence-corrected chi connectivity index (χ0v) is 13.9. The first-order chi connectivity index (χ1) is 11.4. The van der Waals surface area contributed by atoms with E-state index in [1.54, 1.807) is 6.07 Å². The highest BCUT2D eigenvalue weighted by Crippen LogP contribution is 2.30. The number of benzene rings is 2. The Morgan fingerprint density at radius 3 is 2.62 bits per heavy atom. The Balaban J connectivity index is 1.92. The summed E-state index contributed by atoms with van der Waals surface area (Å²) in [4.78, 5) is 14.0. The highest BCUT2D eigenvalue weighted by atomic mass is 32.2. The molecule has 126 valence electrons. The smallest absolute Gasteiger partial charge is 0.239 e. The van der Waals surface area contributed by atoms with Crippen LogP contribution in [-0.4, -0.2) is 25.8 Å². The van der Waals surface area contributed by atoms with Crippen molar-refractivity contribution in [2.75, 3.05) is 6.54 Å². The number of carbonyl (C=O) groups is 1. The van der Waals surface area contributed by atoms with Gasteiger partial charge >= 0.3 is 0 Å². The second-order valence-corrected chi connectivity index (χ2v) is 7.48. The molecular formula is C17H19N3O3S. The highest BCUT2D eigenvalue weighted by molar-refractivity contribution is 7.89. The number of rotatable bonds is 4. The van der Waals surface area contributed by atoms with Gasteiger partial charge in [0.1, 0.15) is 6.04 Å². The second-order valence-electron chi connectivity index (χ2n) is 5.92. The van der Waals surface area contributed by atoms with E-state index in [1.165, 1.54) is 12.1 Å². The lowest BCUT2D eigenvalue weighted by Gasteiger charge is -2.35. The third kappa shape index (κ3) is 3.33. The summed E-state index contributed by atoms with van der Waals surface area (Å²) in [5.74, 6) is -0.412. The molecule has 0 aliphatic carbocycles. The number of primary sulfonamides is 1. The maximum absolute atomic E-state index is 12.0. The van der Waals surface area contributed by atoms with Crippen molar-refractivity contribution in [2.45, 2.75) is 23.9 Å². The molecule has 1 amide bonds. The van der Waals surface area contributed by atoms with E-state index in [9.17, 15) is 13.2 Å². The van der Waals surface area contributed by atoms with Crippen molar-refractivity contribution in [1.29, 1.82) is 0 Å². The second kappa shape index (κ2) is 6.35. The van der Waals surface area contributed by atoms with E-state index >= 15 is 0 Å². The van der Waals surface area contributed by atoms with Gasteiger partial charge in [-0.2, -0.15) is 0 Å². The van der Waals surface area contributed by atoms with Gasteiger partial charge in [0.2, 0.25) is 15.9 Å². The van der Waals surface area contributed by atoms with E-state index in [1.807, 2.05) is 35.2 Å². The van der Waals surface area contributed by atoms with Crippen LogP contribution in [0.3, 0.4) is 0 Å². The van der Waals surface area contributed by atoms with Gasteiger partial charge in [-0.05, 0) is 35.2 Å². The minimum Gasteiger partial charge on any atom is -0.368 e.